The van der Waals surface area contributed by atoms with Crippen LogP contribution in [-0.2, 0) is 9.31 Å². The van der Waals surface area contributed by atoms with Gasteiger partial charge < -0.3 is 9.31 Å². The van der Waals surface area contributed by atoms with E-state index in [0.717, 1.165) is 28.1 Å². The van der Waals surface area contributed by atoms with Gasteiger partial charge in [0.15, 0.2) is 5.65 Å². The first-order valence-electron chi connectivity index (χ1n) is 9.34. The zero-order valence-corrected chi connectivity index (χ0v) is 17.0. The van der Waals surface area contributed by atoms with Crippen LogP contribution < -0.4 is 5.59 Å². The van der Waals surface area contributed by atoms with E-state index in [0.29, 0.717) is 5.92 Å². The Labute approximate surface area is 159 Å². The topological polar surface area (TPSA) is 66.5 Å². The number of hydrogen-bond acceptors (Lipinski definition) is 5. The van der Waals surface area contributed by atoms with Gasteiger partial charge in [-0.2, -0.15) is 10.2 Å². The highest BCUT2D eigenvalue weighted by atomic mass is 16.7. The van der Waals surface area contributed by atoms with Gasteiger partial charge in [-0.15, -0.1) is 0 Å². The SMILES string of the molecule is Cc1cc(-n2cc(C(C)C)c(B3OC(C)(C)C(C)(C)O3)n2)cn2ncnc12. The van der Waals surface area contributed by atoms with Crippen LogP contribution in [0.15, 0.2) is 24.8 Å². The molecule has 1 aliphatic heterocycles. The molecule has 0 bridgehead atoms. The van der Waals surface area contributed by atoms with E-state index in [2.05, 4.69) is 63.9 Å². The summed E-state index contributed by atoms with van der Waals surface area (Å²) in [5.41, 5.74) is 3.97. The highest BCUT2D eigenvalue weighted by Gasteiger charge is 2.53. The number of nitrogens with zero attached hydrogens (tertiary/aromatic N) is 5. The van der Waals surface area contributed by atoms with Crippen molar-refractivity contribution < 1.29 is 9.31 Å². The van der Waals surface area contributed by atoms with Crippen LogP contribution in [-0.4, -0.2) is 42.7 Å². The molecule has 0 amide bonds. The Morgan fingerprint density at radius 1 is 1.07 bits per heavy atom. The molecule has 0 saturated carbocycles. The van der Waals surface area contributed by atoms with Crippen LogP contribution in [0.4, 0.5) is 0 Å². The fourth-order valence-corrected chi connectivity index (χ4v) is 3.32. The van der Waals surface area contributed by atoms with E-state index in [9.17, 15) is 0 Å². The van der Waals surface area contributed by atoms with Crippen molar-refractivity contribution in [1.29, 1.82) is 0 Å². The van der Waals surface area contributed by atoms with Gasteiger partial charge in [-0.25, -0.2) is 14.2 Å². The van der Waals surface area contributed by atoms with Crippen molar-refractivity contribution in [2.45, 2.75) is 65.6 Å². The predicted octanol–water partition coefficient (Wildman–Crippen LogP) is 2.65. The van der Waals surface area contributed by atoms with Crippen LogP contribution in [0.1, 0.15) is 58.6 Å². The minimum Gasteiger partial charge on any atom is -0.398 e. The van der Waals surface area contributed by atoms with Crippen LogP contribution in [0.25, 0.3) is 11.3 Å². The summed E-state index contributed by atoms with van der Waals surface area (Å²) in [6.07, 6.45) is 5.55. The summed E-state index contributed by atoms with van der Waals surface area (Å²) in [4.78, 5) is 4.28. The molecule has 3 aromatic rings. The lowest BCUT2D eigenvalue weighted by molar-refractivity contribution is 0.00578. The lowest BCUT2D eigenvalue weighted by Crippen LogP contribution is -2.41. The van der Waals surface area contributed by atoms with Crippen molar-refractivity contribution in [3.8, 4) is 5.69 Å². The molecule has 1 saturated heterocycles. The third-order valence-electron chi connectivity index (χ3n) is 5.68. The van der Waals surface area contributed by atoms with Crippen LogP contribution >= 0.6 is 0 Å². The van der Waals surface area contributed by atoms with Crippen LogP contribution in [0.2, 0.25) is 0 Å². The minimum absolute atomic E-state index is 0.295. The molecule has 4 heterocycles. The number of rotatable bonds is 3. The third kappa shape index (κ3) is 2.87. The summed E-state index contributed by atoms with van der Waals surface area (Å²) in [7, 11) is -0.482. The summed E-state index contributed by atoms with van der Waals surface area (Å²) in [6.45, 7) is 14.6. The molecule has 1 fully saturated rings. The second-order valence-electron chi connectivity index (χ2n) is 8.57. The Morgan fingerprint density at radius 2 is 1.74 bits per heavy atom. The van der Waals surface area contributed by atoms with Gasteiger partial charge in [0.1, 0.15) is 6.33 Å². The second-order valence-corrected chi connectivity index (χ2v) is 8.57. The average Bonchev–Trinajstić information content (AvgIpc) is 3.24. The number of hydrogen-bond donors (Lipinski definition) is 0. The molecule has 7 nitrogen and oxygen atoms in total. The van der Waals surface area contributed by atoms with Crippen molar-refractivity contribution in [2.24, 2.45) is 0 Å². The molecule has 142 valence electrons. The maximum Gasteiger partial charge on any atom is 0.516 e. The number of aryl methyl sites for hydroxylation is 1. The highest BCUT2D eigenvalue weighted by molar-refractivity contribution is 6.61. The van der Waals surface area contributed by atoms with E-state index < -0.39 is 18.3 Å². The first-order valence-corrected chi connectivity index (χ1v) is 9.34. The van der Waals surface area contributed by atoms with Crippen molar-refractivity contribution in [3.63, 3.8) is 0 Å². The molecule has 4 rings (SSSR count). The van der Waals surface area contributed by atoms with Gasteiger partial charge in [0, 0.05) is 6.20 Å². The molecule has 8 heteroatoms. The van der Waals surface area contributed by atoms with E-state index in [4.69, 9.17) is 14.4 Å². The van der Waals surface area contributed by atoms with E-state index in [-0.39, 0.29) is 0 Å². The molecule has 0 aliphatic carbocycles. The van der Waals surface area contributed by atoms with Crippen molar-refractivity contribution >= 4 is 18.4 Å². The first-order chi connectivity index (χ1) is 12.6. The summed E-state index contributed by atoms with van der Waals surface area (Å²) < 4.78 is 16.1. The molecule has 0 aromatic carbocycles. The Kier molecular flexibility index (Phi) is 3.98. The van der Waals surface area contributed by atoms with E-state index in [1.807, 2.05) is 17.8 Å². The smallest absolute Gasteiger partial charge is 0.398 e. The van der Waals surface area contributed by atoms with Gasteiger partial charge >= 0.3 is 7.12 Å². The Hall–Kier alpha value is -2.19. The lowest BCUT2D eigenvalue weighted by Gasteiger charge is -2.32. The van der Waals surface area contributed by atoms with E-state index >= 15 is 0 Å². The van der Waals surface area contributed by atoms with Crippen LogP contribution in [0.3, 0.4) is 0 Å². The van der Waals surface area contributed by atoms with Crippen LogP contribution in [0.5, 0.6) is 0 Å². The molecule has 1 aliphatic rings. The molecule has 3 aromatic heterocycles. The monoisotopic (exact) mass is 367 g/mol. The summed E-state index contributed by atoms with van der Waals surface area (Å²) >= 11 is 0. The maximum atomic E-state index is 6.25. The summed E-state index contributed by atoms with van der Waals surface area (Å²) in [6, 6.07) is 2.06. The van der Waals surface area contributed by atoms with Gasteiger partial charge in [-0.05, 0) is 57.7 Å². The normalized spacial score (nSPS) is 18.7. The minimum atomic E-state index is -0.482. The molecule has 0 N–H and O–H groups in total. The quantitative estimate of drug-likeness (QED) is 0.666. The molecule has 0 radical (unpaired) electrons. The van der Waals surface area contributed by atoms with Gasteiger partial charge in [0.25, 0.3) is 0 Å². The van der Waals surface area contributed by atoms with Crippen molar-refractivity contribution in [2.75, 3.05) is 0 Å². The lowest BCUT2D eigenvalue weighted by atomic mass is 9.79. The van der Waals surface area contributed by atoms with E-state index in [1.54, 1.807) is 10.8 Å². The van der Waals surface area contributed by atoms with E-state index in [1.165, 1.54) is 0 Å². The maximum absolute atomic E-state index is 6.25. The Morgan fingerprint density at radius 3 is 2.37 bits per heavy atom. The highest BCUT2D eigenvalue weighted by Crippen LogP contribution is 2.37. The standard InChI is InChI=1S/C19H26BN5O2/c1-12(2)15-10-24(14-8-13(3)17-21-11-22-25(17)9-14)23-16(15)20-26-18(4,5)19(6,7)27-20/h8-12H,1-7H3. The van der Waals surface area contributed by atoms with Gasteiger partial charge in [-0.1, -0.05) is 13.8 Å². The molecule has 0 unspecified atom stereocenters. The summed E-state index contributed by atoms with van der Waals surface area (Å²) in [5, 5.41) is 9.11. The molecule has 0 spiro atoms. The molecular weight excluding hydrogens is 341 g/mol. The zero-order chi connectivity index (χ0) is 19.6. The number of pyridine rings is 1. The fraction of sp³-hybridized carbons (Fsp3) is 0.526. The largest absolute Gasteiger partial charge is 0.516 e. The van der Waals surface area contributed by atoms with Gasteiger partial charge in [-0.3, -0.25) is 0 Å². The van der Waals surface area contributed by atoms with Gasteiger partial charge in [0.05, 0.1) is 28.7 Å². The third-order valence-corrected chi connectivity index (χ3v) is 5.68. The predicted molar refractivity (Wildman–Crippen MR) is 105 cm³/mol. The number of aromatic nitrogens is 5. The van der Waals surface area contributed by atoms with Crippen molar-refractivity contribution in [3.05, 3.63) is 35.9 Å². The van der Waals surface area contributed by atoms with Crippen LogP contribution in [0, 0.1) is 6.92 Å². The molecule has 0 atom stereocenters. The fourth-order valence-electron chi connectivity index (χ4n) is 3.32. The number of fused-ring (bicyclic) bond motifs is 1. The summed E-state index contributed by atoms with van der Waals surface area (Å²) in [5.74, 6) is 0.295. The second kappa shape index (κ2) is 5.91. The zero-order valence-electron chi connectivity index (χ0n) is 17.0. The first kappa shape index (κ1) is 18.2. The van der Waals surface area contributed by atoms with Crippen molar-refractivity contribution in [1.82, 2.24) is 24.4 Å². The molecular formula is C19H26BN5O2. The van der Waals surface area contributed by atoms with Gasteiger partial charge in [0.2, 0.25) is 0 Å². The Bertz CT molecular complexity index is 989. The Balaban J connectivity index is 1.79. The average molecular weight is 367 g/mol. The molecule has 27 heavy (non-hydrogen) atoms.